The zero-order valence-corrected chi connectivity index (χ0v) is 15.0. The van der Waals surface area contributed by atoms with Crippen LogP contribution in [-0.4, -0.2) is 38.8 Å². The number of benzene rings is 2. The molecule has 0 aromatic heterocycles. The molecule has 0 bridgehead atoms. The molecule has 1 aliphatic heterocycles. The van der Waals surface area contributed by atoms with E-state index in [9.17, 15) is 9.59 Å². The highest BCUT2D eigenvalue weighted by Crippen LogP contribution is 2.36. The number of terminal acetylenes is 1. The maximum absolute atomic E-state index is 13.1. The van der Waals surface area contributed by atoms with Crippen LogP contribution in [0.5, 0.6) is 11.5 Å². The molecule has 0 saturated carbocycles. The largest absolute Gasteiger partial charge is 0.493 e. The summed E-state index contributed by atoms with van der Waals surface area (Å²) in [6.07, 6.45) is 6.74. The van der Waals surface area contributed by atoms with Crippen LogP contribution in [0.1, 0.15) is 21.8 Å². The second-order valence-electron chi connectivity index (χ2n) is 5.78. The Morgan fingerprint density at radius 2 is 1.89 bits per heavy atom. The Bertz CT molecular complexity index is 959. The van der Waals surface area contributed by atoms with Gasteiger partial charge in [-0.15, -0.1) is 6.42 Å². The van der Waals surface area contributed by atoms with Crippen LogP contribution in [0.2, 0.25) is 0 Å². The van der Waals surface area contributed by atoms with E-state index in [1.807, 2.05) is 0 Å². The fourth-order valence-electron chi connectivity index (χ4n) is 3.02. The summed E-state index contributed by atoms with van der Waals surface area (Å²) in [5.41, 5.74) is 1.46. The lowest BCUT2D eigenvalue weighted by Crippen LogP contribution is -2.45. The first-order chi connectivity index (χ1) is 13.1. The molecule has 1 heterocycles. The van der Waals surface area contributed by atoms with Crippen LogP contribution in [0.4, 0.5) is 5.69 Å². The first-order valence-electron chi connectivity index (χ1n) is 8.25. The maximum atomic E-state index is 13.1. The van der Waals surface area contributed by atoms with E-state index in [1.165, 1.54) is 20.4 Å². The first kappa shape index (κ1) is 18.2. The number of hydrogen-bond donors (Lipinski definition) is 0. The number of nitrogens with zero attached hydrogens (tertiary/aromatic N) is 2. The second-order valence-corrected chi connectivity index (χ2v) is 5.78. The number of hydrogen-bond acceptors (Lipinski definition) is 5. The molecule has 0 saturated heterocycles. The highest BCUT2D eigenvalue weighted by Gasteiger charge is 2.39. The summed E-state index contributed by atoms with van der Waals surface area (Å²) in [4.78, 5) is 31.4. The number of carbonyl (C=O) groups excluding carboxylic acids is 2. The Morgan fingerprint density at radius 1 is 1.15 bits per heavy atom. The van der Waals surface area contributed by atoms with Crippen LogP contribution in [0.25, 0.3) is 0 Å². The van der Waals surface area contributed by atoms with Crippen molar-refractivity contribution in [3.63, 3.8) is 0 Å². The van der Waals surface area contributed by atoms with E-state index in [0.29, 0.717) is 28.3 Å². The number of fused-ring (bicyclic) bond motifs is 1. The first-order valence-corrected chi connectivity index (χ1v) is 8.25. The van der Waals surface area contributed by atoms with E-state index in [2.05, 4.69) is 10.9 Å². The molecule has 0 radical (unpaired) electrons. The molecular formula is C21H18N2O4. The topological polar surface area (TPSA) is 68.2 Å². The molecule has 2 aromatic carbocycles. The number of amides is 2. The zero-order valence-electron chi connectivity index (χ0n) is 15.0. The standard InChI is InChI=1S/C21H18N2O4/c1-4-11-22-13-17-15-7-5-6-8-16(15)20(24)23(21(17)25)14-9-10-18(26-2)19(12-14)27-3/h1,5-10,12-13,17H,11H2,2-3H3/t17-/m0/s1. The Kier molecular flexibility index (Phi) is 5.23. The molecule has 27 heavy (non-hydrogen) atoms. The third-order valence-electron chi connectivity index (χ3n) is 4.28. The molecule has 0 unspecified atom stereocenters. The Labute approximate surface area is 157 Å². The molecule has 1 aliphatic rings. The lowest BCUT2D eigenvalue weighted by molar-refractivity contribution is -0.118. The normalized spacial score (nSPS) is 16.2. The summed E-state index contributed by atoms with van der Waals surface area (Å²) in [5.74, 6) is 1.84. The highest BCUT2D eigenvalue weighted by atomic mass is 16.5. The summed E-state index contributed by atoms with van der Waals surface area (Å²) in [7, 11) is 3.01. The van der Waals surface area contributed by atoms with Crippen LogP contribution in [0.3, 0.4) is 0 Å². The third kappa shape index (κ3) is 3.27. The Morgan fingerprint density at radius 3 is 2.59 bits per heavy atom. The van der Waals surface area contributed by atoms with Crippen molar-refractivity contribution in [3.8, 4) is 23.8 Å². The summed E-state index contributed by atoms with van der Waals surface area (Å²) in [6, 6.07) is 11.9. The minimum atomic E-state index is -0.694. The summed E-state index contributed by atoms with van der Waals surface area (Å²) in [6.45, 7) is 0.163. The van der Waals surface area contributed by atoms with Crippen LogP contribution in [0, 0.1) is 12.3 Å². The lowest BCUT2D eigenvalue weighted by Gasteiger charge is -2.31. The number of carbonyl (C=O) groups is 2. The van der Waals surface area contributed by atoms with Crippen molar-refractivity contribution >= 4 is 23.7 Å². The van der Waals surface area contributed by atoms with Gasteiger partial charge in [-0.2, -0.15) is 0 Å². The lowest BCUT2D eigenvalue weighted by atomic mass is 9.89. The van der Waals surface area contributed by atoms with Crippen LogP contribution < -0.4 is 14.4 Å². The number of methoxy groups -OCH3 is 2. The number of aliphatic imine (C=N–C) groups is 1. The quantitative estimate of drug-likeness (QED) is 0.466. The summed E-state index contributed by atoms with van der Waals surface area (Å²) in [5, 5.41) is 0. The molecule has 6 nitrogen and oxygen atoms in total. The van der Waals surface area contributed by atoms with Gasteiger partial charge in [-0.3, -0.25) is 14.6 Å². The van der Waals surface area contributed by atoms with Crippen molar-refractivity contribution in [1.82, 2.24) is 0 Å². The minimum absolute atomic E-state index is 0.163. The van der Waals surface area contributed by atoms with E-state index >= 15 is 0 Å². The van der Waals surface area contributed by atoms with Crippen LogP contribution in [0.15, 0.2) is 47.5 Å². The van der Waals surface area contributed by atoms with Crippen molar-refractivity contribution in [2.75, 3.05) is 25.7 Å². The molecule has 2 aromatic rings. The second kappa shape index (κ2) is 7.75. The monoisotopic (exact) mass is 362 g/mol. The van der Waals surface area contributed by atoms with Gasteiger partial charge in [-0.25, -0.2) is 4.90 Å². The fraction of sp³-hybridized carbons (Fsp3) is 0.190. The Hall–Kier alpha value is -3.59. The molecule has 2 amide bonds. The highest BCUT2D eigenvalue weighted by molar-refractivity contribution is 6.29. The van der Waals surface area contributed by atoms with Gasteiger partial charge in [-0.05, 0) is 23.8 Å². The minimum Gasteiger partial charge on any atom is -0.493 e. The van der Waals surface area contributed by atoms with Gasteiger partial charge >= 0.3 is 0 Å². The molecule has 0 aliphatic carbocycles. The molecule has 0 N–H and O–H groups in total. The van der Waals surface area contributed by atoms with Crippen molar-refractivity contribution < 1.29 is 19.1 Å². The molecule has 136 valence electrons. The SMILES string of the molecule is C#CCN=C[C@@H]1C(=O)N(c2ccc(OC)c(OC)c2)C(=O)c2ccccc21. The van der Waals surface area contributed by atoms with E-state index in [-0.39, 0.29) is 6.54 Å². The van der Waals surface area contributed by atoms with Gasteiger partial charge in [-0.1, -0.05) is 24.1 Å². The molecule has 0 spiro atoms. The van der Waals surface area contributed by atoms with Crippen LogP contribution >= 0.6 is 0 Å². The zero-order chi connectivity index (χ0) is 19.4. The summed E-state index contributed by atoms with van der Waals surface area (Å²) >= 11 is 0. The van der Waals surface area contributed by atoms with Crippen molar-refractivity contribution in [1.29, 1.82) is 0 Å². The molecule has 0 fully saturated rings. The number of ether oxygens (including phenoxy) is 2. The Balaban J connectivity index is 2.10. The van der Waals surface area contributed by atoms with Gasteiger partial charge in [0.1, 0.15) is 0 Å². The van der Waals surface area contributed by atoms with E-state index < -0.39 is 17.7 Å². The molecule has 6 heteroatoms. The van der Waals surface area contributed by atoms with Gasteiger partial charge in [0, 0.05) is 17.8 Å². The predicted octanol–water partition coefficient (Wildman–Crippen LogP) is 2.68. The van der Waals surface area contributed by atoms with E-state index in [0.717, 1.165) is 4.90 Å². The van der Waals surface area contributed by atoms with Gasteiger partial charge < -0.3 is 9.47 Å². The fourth-order valence-corrected chi connectivity index (χ4v) is 3.02. The smallest absolute Gasteiger partial charge is 0.265 e. The van der Waals surface area contributed by atoms with Gasteiger partial charge in [0.05, 0.1) is 32.4 Å². The molecule has 3 rings (SSSR count). The van der Waals surface area contributed by atoms with Gasteiger partial charge in [0.2, 0.25) is 5.91 Å². The average Bonchev–Trinajstić information content (AvgIpc) is 2.70. The number of anilines is 1. The van der Waals surface area contributed by atoms with E-state index in [4.69, 9.17) is 15.9 Å². The maximum Gasteiger partial charge on any atom is 0.265 e. The van der Waals surface area contributed by atoms with Crippen LogP contribution in [-0.2, 0) is 4.79 Å². The number of rotatable bonds is 5. The van der Waals surface area contributed by atoms with Gasteiger partial charge in [0.15, 0.2) is 11.5 Å². The van der Waals surface area contributed by atoms with Crippen molar-refractivity contribution in [2.24, 2.45) is 4.99 Å². The van der Waals surface area contributed by atoms with Crippen molar-refractivity contribution in [3.05, 3.63) is 53.6 Å². The molecule has 1 atom stereocenters. The predicted molar refractivity (Wildman–Crippen MR) is 103 cm³/mol. The third-order valence-corrected chi connectivity index (χ3v) is 4.28. The summed E-state index contributed by atoms with van der Waals surface area (Å²) < 4.78 is 10.5. The van der Waals surface area contributed by atoms with Crippen molar-refractivity contribution in [2.45, 2.75) is 5.92 Å². The van der Waals surface area contributed by atoms with Gasteiger partial charge in [0.25, 0.3) is 5.91 Å². The average molecular weight is 362 g/mol. The van der Waals surface area contributed by atoms with E-state index in [1.54, 1.807) is 42.5 Å². The molecular weight excluding hydrogens is 344 g/mol. The number of imide groups is 1.